The van der Waals surface area contributed by atoms with Crippen LogP contribution in [0.1, 0.15) is 32.6 Å². The minimum atomic E-state index is -3.39. The first-order valence-electron chi connectivity index (χ1n) is 6.53. The third-order valence-corrected chi connectivity index (χ3v) is 7.05. The van der Waals surface area contributed by atoms with Crippen LogP contribution in [0.4, 0.5) is 0 Å². The van der Waals surface area contributed by atoms with Crippen LogP contribution in [0, 0.1) is 0 Å². The van der Waals surface area contributed by atoms with Gasteiger partial charge in [-0.1, -0.05) is 13.8 Å². The zero-order valence-corrected chi connectivity index (χ0v) is 15.1. The van der Waals surface area contributed by atoms with Gasteiger partial charge >= 0.3 is 0 Å². The number of thiophene rings is 1. The molecule has 0 atom stereocenters. The van der Waals surface area contributed by atoms with Gasteiger partial charge in [-0.05, 0) is 32.2 Å². The van der Waals surface area contributed by atoms with Crippen molar-refractivity contribution in [3.63, 3.8) is 0 Å². The number of hydrogen-bond donors (Lipinski definition) is 2. The van der Waals surface area contributed by atoms with Crippen molar-refractivity contribution in [3.8, 4) is 0 Å². The smallest absolute Gasteiger partial charge is 0.250 e. The van der Waals surface area contributed by atoms with Crippen molar-refractivity contribution in [2.24, 2.45) is 0 Å². The summed E-state index contributed by atoms with van der Waals surface area (Å²) in [5, 5.41) is 3.28. The van der Waals surface area contributed by atoms with Crippen LogP contribution in [-0.4, -0.2) is 32.0 Å². The average Bonchev–Trinajstić information content (AvgIpc) is 2.84. The van der Waals surface area contributed by atoms with E-state index in [9.17, 15) is 8.42 Å². The van der Waals surface area contributed by atoms with Crippen LogP contribution in [0.2, 0.25) is 0 Å². The van der Waals surface area contributed by atoms with Gasteiger partial charge in [0.1, 0.15) is 4.21 Å². The summed E-state index contributed by atoms with van der Waals surface area (Å²) in [6, 6.07) is 3.93. The van der Waals surface area contributed by atoms with E-state index in [0.717, 1.165) is 4.88 Å². The molecule has 0 aliphatic heterocycles. The molecule has 1 rings (SSSR count). The first-order valence-corrected chi connectivity index (χ1v) is 10.1. The second-order valence-electron chi connectivity index (χ2n) is 5.54. The van der Waals surface area contributed by atoms with E-state index in [1.54, 1.807) is 17.8 Å². The Kier molecular flexibility index (Phi) is 6.53. The Morgan fingerprint density at radius 3 is 2.55 bits per heavy atom. The Morgan fingerprint density at radius 2 is 2.00 bits per heavy atom. The predicted octanol–water partition coefficient (Wildman–Crippen LogP) is 2.67. The van der Waals surface area contributed by atoms with E-state index in [0.29, 0.717) is 23.3 Å². The highest BCUT2D eigenvalue weighted by Crippen LogP contribution is 2.24. The molecule has 20 heavy (non-hydrogen) atoms. The van der Waals surface area contributed by atoms with Gasteiger partial charge < -0.3 is 5.32 Å². The standard InChI is InChI=1S/C13H24N2O2S3/c1-10(2)14-8-11-6-7-12(19-11)20(16,17)15-9-13(3,4)18-5/h6-7,10,14-15H,8-9H2,1-5H3. The highest BCUT2D eigenvalue weighted by molar-refractivity contribution is 8.00. The molecular formula is C13H24N2O2S3. The van der Waals surface area contributed by atoms with E-state index in [1.807, 2.05) is 26.2 Å². The molecule has 0 aliphatic rings. The van der Waals surface area contributed by atoms with Crippen LogP contribution in [0.5, 0.6) is 0 Å². The molecule has 116 valence electrons. The van der Waals surface area contributed by atoms with E-state index in [4.69, 9.17) is 0 Å². The Morgan fingerprint density at radius 1 is 1.35 bits per heavy atom. The van der Waals surface area contributed by atoms with E-state index >= 15 is 0 Å². The third-order valence-electron chi connectivity index (χ3n) is 2.83. The third kappa shape index (κ3) is 5.73. The largest absolute Gasteiger partial charge is 0.310 e. The molecular weight excluding hydrogens is 312 g/mol. The van der Waals surface area contributed by atoms with Crippen molar-refractivity contribution in [1.29, 1.82) is 0 Å². The van der Waals surface area contributed by atoms with Gasteiger partial charge in [0.05, 0.1) is 0 Å². The monoisotopic (exact) mass is 336 g/mol. The fourth-order valence-electron chi connectivity index (χ4n) is 1.31. The SMILES string of the molecule is CSC(C)(C)CNS(=O)(=O)c1ccc(CNC(C)C)s1. The van der Waals surface area contributed by atoms with Gasteiger partial charge in [-0.25, -0.2) is 13.1 Å². The van der Waals surface area contributed by atoms with E-state index < -0.39 is 10.0 Å². The summed E-state index contributed by atoms with van der Waals surface area (Å²) in [6.07, 6.45) is 1.98. The van der Waals surface area contributed by atoms with E-state index in [-0.39, 0.29) is 4.75 Å². The zero-order valence-electron chi connectivity index (χ0n) is 12.7. The van der Waals surface area contributed by atoms with Gasteiger partial charge in [0.25, 0.3) is 0 Å². The Hall–Kier alpha value is -0.0800. The number of nitrogens with one attached hydrogen (secondary N) is 2. The van der Waals surface area contributed by atoms with Gasteiger partial charge in [-0.2, -0.15) is 11.8 Å². The zero-order chi connectivity index (χ0) is 15.4. The lowest BCUT2D eigenvalue weighted by molar-refractivity contribution is 0.573. The Labute approximate surface area is 130 Å². The summed E-state index contributed by atoms with van der Waals surface area (Å²) in [5.41, 5.74) is 0. The number of thioether (sulfide) groups is 1. The maximum atomic E-state index is 12.2. The van der Waals surface area contributed by atoms with Crippen molar-refractivity contribution >= 4 is 33.1 Å². The maximum absolute atomic E-state index is 12.2. The lowest BCUT2D eigenvalue weighted by Crippen LogP contribution is -2.35. The number of sulfonamides is 1. The van der Waals surface area contributed by atoms with Crippen LogP contribution in [0.25, 0.3) is 0 Å². The van der Waals surface area contributed by atoms with Gasteiger partial charge in [0, 0.05) is 28.8 Å². The van der Waals surface area contributed by atoms with Crippen LogP contribution in [0.3, 0.4) is 0 Å². The van der Waals surface area contributed by atoms with Gasteiger partial charge in [0.2, 0.25) is 10.0 Å². The molecule has 0 fully saturated rings. The van der Waals surface area contributed by atoms with Crippen LogP contribution >= 0.6 is 23.1 Å². The summed E-state index contributed by atoms with van der Waals surface area (Å²) in [7, 11) is -3.39. The van der Waals surface area contributed by atoms with Crippen molar-refractivity contribution < 1.29 is 8.42 Å². The van der Waals surface area contributed by atoms with E-state index in [2.05, 4.69) is 23.9 Å². The minimum Gasteiger partial charge on any atom is -0.310 e. The molecule has 1 aromatic heterocycles. The quantitative estimate of drug-likeness (QED) is 0.766. The Bertz CT molecular complexity index is 521. The first-order chi connectivity index (χ1) is 9.16. The molecule has 0 saturated carbocycles. The van der Waals surface area contributed by atoms with E-state index in [1.165, 1.54) is 11.3 Å². The fraction of sp³-hybridized carbons (Fsp3) is 0.692. The molecule has 0 amide bonds. The first kappa shape index (κ1) is 18.0. The highest BCUT2D eigenvalue weighted by atomic mass is 32.2. The molecule has 0 unspecified atom stereocenters. The second kappa shape index (κ2) is 7.26. The molecule has 0 radical (unpaired) electrons. The molecule has 0 aliphatic carbocycles. The van der Waals surface area contributed by atoms with Gasteiger partial charge in [-0.3, -0.25) is 0 Å². The fourth-order valence-corrected chi connectivity index (χ4v) is 4.19. The molecule has 4 nitrogen and oxygen atoms in total. The van der Waals surface area contributed by atoms with Gasteiger partial charge in [0.15, 0.2) is 0 Å². The van der Waals surface area contributed by atoms with Crippen LogP contribution in [-0.2, 0) is 16.6 Å². The summed E-state index contributed by atoms with van der Waals surface area (Å²) in [5.74, 6) is 0. The molecule has 2 N–H and O–H groups in total. The molecule has 0 saturated heterocycles. The minimum absolute atomic E-state index is 0.105. The number of hydrogen-bond acceptors (Lipinski definition) is 5. The summed E-state index contributed by atoms with van der Waals surface area (Å²) in [6.45, 7) is 9.30. The average molecular weight is 337 g/mol. The maximum Gasteiger partial charge on any atom is 0.250 e. The predicted molar refractivity (Wildman–Crippen MR) is 89.1 cm³/mol. The topological polar surface area (TPSA) is 58.2 Å². The lowest BCUT2D eigenvalue weighted by Gasteiger charge is -2.21. The summed E-state index contributed by atoms with van der Waals surface area (Å²) in [4.78, 5) is 1.03. The second-order valence-corrected chi connectivity index (χ2v) is 10.2. The summed E-state index contributed by atoms with van der Waals surface area (Å²) >= 11 is 2.97. The molecule has 1 heterocycles. The normalized spacial score (nSPS) is 13.1. The molecule has 0 spiro atoms. The van der Waals surface area contributed by atoms with Crippen molar-refractivity contribution in [3.05, 3.63) is 17.0 Å². The Balaban J connectivity index is 2.69. The highest BCUT2D eigenvalue weighted by Gasteiger charge is 2.22. The van der Waals surface area contributed by atoms with Crippen LogP contribution < -0.4 is 10.0 Å². The number of rotatable bonds is 8. The van der Waals surface area contributed by atoms with Crippen molar-refractivity contribution in [1.82, 2.24) is 10.0 Å². The molecule has 0 bridgehead atoms. The summed E-state index contributed by atoms with van der Waals surface area (Å²) < 4.78 is 27.4. The van der Waals surface area contributed by atoms with Crippen LogP contribution in [0.15, 0.2) is 16.3 Å². The van der Waals surface area contributed by atoms with Crippen molar-refractivity contribution in [2.45, 2.75) is 49.2 Å². The lowest BCUT2D eigenvalue weighted by atomic mass is 10.2. The molecule has 7 heteroatoms. The van der Waals surface area contributed by atoms with Crippen molar-refractivity contribution in [2.75, 3.05) is 12.8 Å². The molecule has 1 aromatic rings. The van der Waals surface area contributed by atoms with Gasteiger partial charge in [-0.15, -0.1) is 11.3 Å². The molecule has 0 aromatic carbocycles.